The number of hydrogen-bond acceptors (Lipinski definition) is 5. The molecule has 0 saturated heterocycles. The lowest BCUT2D eigenvalue weighted by Gasteiger charge is -2.07. The van der Waals surface area contributed by atoms with Gasteiger partial charge in [0.15, 0.2) is 0 Å². The molecule has 7 heteroatoms. The molecule has 2 amide bonds. The van der Waals surface area contributed by atoms with Gasteiger partial charge in [0, 0.05) is 0 Å². The Bertz CT molecular complexity index is 624. The van der Waals surface area contributed by atoms with E-state index in [0.717, 1.165) is 11.5 Å². The summed E-state index contributed by atoms with van der Waals surface area (Å²) >= 11 is 1.03. The smallest absolute Gasteiger partial charge is 0.269 e. The first kappa shape index (κ1) is 13.2. The van der Waals surface area contributed by atoms with Crippen LogP contribution in [-0.2, 0) is 6.42 Å². The molecule has 2 rings (SSSR count). The molecule has 0 spiro atoms. The molecule has 0 unspecified atom stereocenters. The highest BCUT2D eigenvalue weighted by atomic mass is 32.1. The fraction of sp³-hybridized carbons (Fsp3) is 0.167. The molecule has 1 aromatic carbocycles. The number of rotatable bonds is 4. The van der Waals surface area contributed by atoms with E-state index in [1.165, 1.54) is 0 Å². The summed E-state index contributed by atoms with van der Waals surface area (Å²) in [5.74, 6) is -0.922. The molecule has 6 nitrogen and oxygen atoms in total. The maximum absolute atomic E-state index is 12.1. The quantitative estimate of drug-likeness (QED) is 0.883. The number of primary amides is 1. The molecule has 0 fully saturated rings. The molecular weight excluding hydrogens is 264 g/mol. The van der Waals surface area contributed by atoms with E-state index < -0.39 is 5.91 Å². The average molecular weight is 276 g/mol. The van der Waals surface area contributed by atoms with Crippen molar-refractivity contribution in [2.24, 2.45) is 5.73 Å². The monoisotopic (exact) mass is 276 g/mol. The van der Waals surface area contributed by atoms with Crippen LogP contribution in [0.25, 0.3) is 0 Å². The maximum atomic E-state index is 12.1. The summed E-state index contributed by atoms with van der Waals surface area (Å²) < 4.78 is 3.75. The van der Waals surface area contributed by atoms with Gasteiger partial charge in [-0.15, -0.1) is 5.10 Å². The lowest BCUT2D eigenvalue weighted by Crippen LogP contribution is -2.18. The van der Waals surface area contributed by atoms with E-state index in [-0.39, 0.29) is 11.5 Å². The molecule has 2 aromatic rings. The van der Waals surface area contributed by atoms with Crippen LogP contribution in [0.15, 0.2) is 24.3 Å². The molecule has 0 bridgehead atoms. The number of hydrogen-bond donors (Lipinski definition) is 2. The number of benzene rings is 1. The summed E-state index contributed by atoms with van der Waals surface area (Å²) in [6.45, 7) is 1.89. The van der Waals surface area contributed by atoms with Gasteiger partial charge in [-0.1, -0.05) is 23.5 Å². The van der Waals surface area contributed by atoms with E-state index in [0.29, 0.717) is 22.7 Å². The van der Waals surface area contributed by atoms with Crippen LogP contribution in [0.3, 0.4) is 0 Å². The number of aryl methyl sites for hydroxylation is 1. The number of amides is 2. The minimum atomic E-state index is -0.589. The number of carbonyl (C=O) groups is 2. The minimum absolute atomic E-state index is 0.270. The Balaban J connectivity index is 2.27. The number of nitrogens with one attached hydrogen (secondary N) is 1. The first-order valence-electron chi connectivity index (χ1n) is 5.65. The molecule has 0 aliphatic carbocycles. The molecule has 1 heterocycles. The van der Waals surface area contributed by atoms with E-state index in [9.17, 15) is 9.59 Å². The minimum Gasteiger partial charge on any atom is -0.366 e. The van der Waals surface area contributed by atoms with E-state index in [1.54, 1.807) is 24.3 Å². The van der Waals surface area contributed by atoms with Gasteiger partial charge < -0.3 is 11.1 Å². The number of para-hydroxylation sites is 1. The van der Waals surface area contributed by atoms with Gasteiger partial charge in [-0.25, -0.2) is 0 Å². The second-order valence-electron chi connectivity index (χ2n) is 3.77. The van der Waals surface area contributed by atoms with Crippen LogP contribution in [0, 0.1) is 0 Å². The van der Waals surface area contributed by atoms with E-state index >= 15 is 0 Å². The van der Waals surface area contributed by atoms with Gasteiger partial charge in [-0.3, -0.25) is 9.59 Å². The van der Waals surface area contributed by atoms with Crippen molar-refractivity contribution in [3.8, 4) is 0 Å². The number of anilines is 1. The largest absolute Gasteiger partial charge is 0.366 e. The van der Waals surface area contributed by atoms with Crippen molar-refractivity contribution >= 4 is 29.0 Å². The summed E-state index contributed by atoms with van der Waals surface area (Å²) in [7, 11) is 0. The summed E-state index contributed by atoms with van der Waals surface area (Å²) in [4.78, 5) is 23.8. The van der Waals surface area contributed by atoms with E-state index in [4.69, 9.17) is 5.73 Å². The van der Waals surface area contributed by atoms with Gasteiger partial charge in [0.2, 0.25) is 0 Å². The van der Waals surface area contributed by atoms with Crippen molar-refractivity contribution in [2.45, 2.75) is 13.3 Å². The van der Waals surface area contributed by atoms with Crippen molar-refractivity contribution in [3.05, 3.63) is 40.4 Å². The third-order valence-corrected chi connectivity index (χ3v) is 3.30. The molecular formula is C12H12N4O2S. The van der Waals surface area contributed by atoms with Crippen LogP contribution in [0.1, 0.15) is 32.6 Å². The summed E-state index contributed by atoms with van der Waals surface area (Å²) in [5.41, 5.74) is 6.55. The van der Waals surface area contributed by atoms with Crippen molar-refractivity contribution in [1.29, 1.82) is 0 Å². The zero-order chi connectivity index (χ0) is 13.8. The van der Waals surface area contributed by atoms with Crippen LogP contribution >= 0.6 is 11.5 Å². The van der Waals surface area contributed by atoms with Crippen molar-refractivity contribution in [1.82, 2.24) is 9.59 Å². The molecule has 98 valence electrons. The summed E-state index contributed by atoms with van der Waals surface area (Å²) in [6, 6.07) is 6.58. The predicted molar refractivity (Wildman–Crippen MR) is 72.2 cm³/mol. The van der Waals surface area contributed by atoms with Crippen molar-refractivity contribution < 1.29 is 9.59 Å². The Morgan fingerprint density at radius 3 is 2.79 bits per heavy atom. The highest BCUT2D eigenvalue weighted by molar-refractivity contribution is 7.08. The normalized spacial score (nSPS) is 10.2. The second-order valence-corrected chi connectivity index (χ2v) is 4.52. The van der Waals surface area contributed by atoms with Gasteiger partial charge in [0.05, 0.1) is 16.9 Å². The van der Waals surface area contributed by atoms with Crippen molar-refractivity contribution in [3.63, 3.8) is 0 Å². The van der Waals surface area contributed by atoms with Crippen LogP contribution < -0.4 is 11.1 Å². The van der Waals surface area contributed by atoms with Crippen LogP contribution in [0.2, 0.25) is 0 Å². The SMILES string of the molecule is CCc1nnsc1C(=O)Nc1ccccc1C(N)=O. The molecule has 19 heavy (non-hydrogen) atoms. The second kappa shape index (κ2) is 5.57. The number of nitrogens with two attached hydrogens (primary N) is 1. The number of carbonyl (C=O) groups excluding carboxylic acids is 2. The summed E-state index contributed by atoms with van der Waals surface area (Å²) in [5, 5.41) is 6.53. The first-order valence-corrected chi connectivity index (χ1v) is 6.42. The standard InChI is InChI=1S/C12H12N4O2S/c1-2-8-10(19-16-15-8)12(18)14-9-6-4-3-5-7(9)11(13)17/h3-6H,2H2,1H3,(H2,13,17)(H,14,18). The topological polar surface area (TPSA) is 98.0 Å². The third kappa shape index (κ3) is 2.76. The molecule has 0 saturated carbocycles. The van der Waals surface area contributed by atoms with Crippen LogP contribution in [-0.4, -0.2) is 21.4 Å². The highest BCUT2D eigenvalue weighted by Gasteiger charge is 2.17. The Hall–Kier alpha value is -2.28. The van der Waals surface area contributed by atoms with Gasteiger partial charge in [-0.2, -0.15) is 0 Å². The van der Waals surface area contributed by atoms with Gasteiger partial charge in [-0.05, 0) is 30.1 Å². The Labute approximate surface area is 113 Å². The maximum Gasteiger partial charge on any atom is 0.269 e. The van der Waals surface area contributed by atoms with Gasteiger partial charge >= 0.3 is 0 Å². The molecule has 0 radical (unpaired) electrons. The summed E-state index contributed by atoms with van der Waals surface area (Å²) in [6.07, 6.45) is 0.622. The number of nitrogens with zero attached hydrogens (tertiary/aromatic N) is 2. The average Bonchev–Trinajstić information content (AvgIpc) is 2.87. The molecule has 0 aliphatic heterocycles. The van der Waals surface area contributed by atoms with E-state index in [2.05, 4.69) is 14.9 Å². The van der Waals surface area contributed by atoms with Gasteiger partial charge in [0.1, 0.15) is 4.88 Å². The van der Waals surface area contributed by atoms with Crippen LogP contribution in [0.4, 0.5) is 5.69 Å². The molecule has 1 aromatic heterocycles. The molecule has 3 N–H and O–H groups in total. The number of aromatic nitrogens is 2. The van der Waals surface area contributed by atoms with E-state index in [1.807, 2.05) is 6.92 Å². The molecule has 0 atom stereocenters. The Kier molecular flexibility index (Phi) is 3.86. The zero-order valence-electron chi connectivity index (χ0n) is 10.2. The zero-order valence-corrected chi connectivity index (χ0v) is 11.0. The van der Waals surface area contributed by atoms with Gasteiger partial charge in [0.25, 0.3) is 11.8 Å². The highest BCUT2D eigenvalue weighted by Crippen LogP contribution is 2.18. The van der Waals surface area contributed by atoms with Crippen LogP contribution in [0.5, 0.6) is 0 Å². The molecule has 0 aliphatic rings. The Morgan fingerprint density at radius 1 is 1.37 bits per heavy atom. The van der Waals surface area contributed by atoms with Crippen molar-refractivity contribution in [2.75, 3.05) is 5.32 Å². The fourth-order valence-electron chi connectivity index (χ4n) is 1.60. The fourth-order valence-corrected chi connectivity index (χ4v) is 2.24. The third-order valence-electron chi connectivity index (χ3n) is 2.54. The lowest BCUT2D eigenvalue weighted by atomic mass is 10.1. The lowest BCUT2D eigenvalue weighted by molar-refractivity contribution is 0.100. The first-order chi connectivity index (χ1) is 9.13. The predicted octanol–water partition coefficient (Wildman–Crippen LogP) is 1.45. The Morgan fingerprint density at radius 2 is 2.11 bits per heavy atom.